The van der Waals surface area contributed by atoms with Gasteiger partial charge < -0.3 is 10.2 Å². The van der Waals surface area contributed by atoms with Crippen molar-refractivity contribution >= 4 is 29.4 Å². The third-order valence-electron chi connectivity index (χ3n) is 7.50. The van der Waals surface area contributed by atoms with Crippen LogP contribution in [0.25, 0.3) is 0 Å². The van der Waals surface area contributed by atoms with Crippen molar-refractivity contribution in [1.29, 1.82) is 5.26 Å². The number of imide groups is 1. The van der Waals surface area contributed by atoms with Gasteiger partial charge in [-0.2, -0.15) is 18.4 Å². The number of nitrogens with zero attached hydrogens (tertiary/aromatic N) is 4. The number of anilines is 1. The molecule has 0 radical (unpaired) electrons. The molecule has 216 valence electrons. The van der Waals surface area contributed by atoms with Gasteiger partial charge >= 0.3 is 12.2 Å². The van der Waals surface area contributed by atoms with Gasteiger partial charge in [-0.3, -0.25) is 24.2 Å². The molecule has 2 aromatic rings. The maximum atomic E-state index is 14.3. The lowest BCUT2D eigenvalue weighted by atomic mass is 9.85. The number of rotatable bonds is 5. The average Bonchev–Trinajstić information content (AvgIpc) is 3.11. The fraction of sp³-hybridized carbons (Fsp3) is 0.393. The summed E-state index contributed by atoms with van der Waals surface area (Å²) < 4.78 is 53.7. The molecule has 0 saturated carbocycles. The van der Waals surface area contributed by atoms with Crippen molar-refractivity contribution in [1.82, 2.24) is 15.1 Å². The van der Waals surface area contributed by atoms with Crippen LogP contribution in [0.3, 0.4) is 0 Å². The topological polar surface area (TPSA) is 114 Å². The number of likely N-dealkylation sites (N-methyl/N-ethyl adjacent to an activating group) is 1. The van der Waals surface area contributed by atoms with E-state index < -0.39 is 64.4 Å². The van der Waals surface area contributed by atoms with Crippen LogP contribution in [0.2, 0.25) is 0 Å². The summed E-state index contributed by atoms with van der Waals surface area (Å²) in [6, 6.07) is 7.97. The molecule has 41 heavy (non-hydrogen) atoms. The molecule has 0 bridgehead atoms. The monoisotopic (exact) mass is 573 g/mol. The number of likely N-dealkylation sites (tertiary alicyclic amines) is 1. The maximum Gasteiger partial charge on any atom is 0.416 e. The third-order valence-corrected chi connectivity index (χ3v) is 7.50. The maximum absolute atomic E-state index is 14.3. The molecule has 2 fully saturated rings. The zero-order valence-corrected chi connectivity index (χ0v) is 22.5. The van der Waals surface area contributed by atoms with Gasteiger partial charge in [-0.1, -0.05) is 19.9 Å². The first-order chi connectivity index (χ1) is 19.2. The van der Waals surface area contributed by atoms with Gasteiger partial charge in [0.15, 0.2) is 0 Å². The second kappa shape index (κ2) is 10.8. The highest BCUT2D eigenvalue weighted by molar-refractivity contribution is 6.16. The van der Waals surface area contributed by atoms with Gasteiger partial charge in [-0.05, 0) is 55.2 Å². The molecule has 4 rings (SSSR count). The number of carbonyl (C=O) groups is 4. The molecule has 2 heterocycles. The first kappa shape index (κ1) is 29.5. The number of piperidine rings is 1. The van der Waals surface area contributed by atoms with E-state index in [4.69, 9.17) is 0 Å². The summed E-state index contributed by atoms with van der Waals surface area (Å²) in [5, 5.41) is 11.7. The number of nitriles is 1. The summed E-state index contributed by atoms with van der Waals surface area (Å²) in [7, 11) is 1.36. The van der Waals surface area contributed by atoms with E-state index in [1.165, 1.54) is 22.9 Å². The lowest BCUT2D eigenvalue weighted by molar-refractivity contribution is -0.139. The summed E-state index contributed by atoms with van der Waals surface area (Å²) in [6.45, 7) is 3.29. The van der Waals surface area contributed by atoms with Crippen molar-refractivity contribution in [3.8, 4) is 6.07 Å². The quantitative estimate of drug-likeness (QED) is 0.430. The van der Waals surface area contributed by atoms with E-state index in [-0.39, 0.29) is 25.9 Å². The summed E-state index contributed by atoms with van der Waals surface area (Å²) in [5.41, 5.74) is -2.68. The summed E-state index contributed by atoms with van der Waals surface area (Å²) >= 11 is 0. The van der Waals surface area contributed by atoms with Gasteiger partial charge in [-0.15, -0.1) is 0 Å². The van der Waals surface area contributed by atoms with Crippen molar-refractivity contribution in [2.45, 2.75) is 44.4 Å². The molecule has 1 atom stereocenters. The number of benzene rings is 2. The van der Waals surface area contributed by atoms with E-state index in [1.54, 1.807) is 32.0 Å². The number of amides is 5. The van der Waals surface area contributed by atoms with Crippen LogP contribution in [0.15, 0.2) is 42.5 Å². The van der Waals surface area contributed by atoms with Crippen LogP contribution >= 0.6 is 0 Å². The smallest absolute Gasteiger partial charge is 0.341 e. The zero-order chi connectivity index (χ0) is 30.3. The number of hydrogen-bond acceptors (Lipinski definition) is 5. The van der Waals surface area contributed by atoms with Crippen LogP contribution < -0.4 is 10.2 Å². The highest BCUT2D eigenvalue weighted by Gasteiger charge is 2.58. The molecular formula is C28H27F4N5O4. The molecule has 1 spiro atoms. The summed E-state index contributed by atoms with van der Waals surface area (Å²) in [4.78, 5) is 56.4. The minimum Gasteiger partial charge on any atom is -0.341 e. The highest BCUT2D eigenvalue weighted by Crippen LogP contribution is 2.40. The number of alkyl halides is 3. The normalized spacial score (nSPS) is 17.7. The van der Waals surface area contributed by atoms with Crippen LogP contribution in [0, 0.1) is 23.1 Å². The van der Waals surface area contributed by atoms with Crippen molar-refractivity contribution in [2.75, 3.05) is 25.0 Å². The predicted molar refractivity (Wildman–Crippen MR) is 138 cm³/mol. The summed E-state index contributed by atoms with van der Waals surface area (Å²) in [5.74, 6) is -3.86. The molecule has 0 aromatic heterocycles. The standard InChI is InChI=1S/C28H27F4N5O4/c1-16(2)22(34-23(38)20-14-18(28(30,31)32)7-8-21(20)29)24(39)36-11-9-27(10-12-36)25(40)35(3)26(41)37(27)19-6-4-5-17(13-19)15-33/h4-8,13-14,16,22H,9-12H2,1-3H3,(H,34,38). The van der Waals surface area contributed by atoms with Gasteiger partial charge in [0, 0.05) is 25.8 Å². The zero-order valence-electron chi connectivity index (χ0n) is 22.5. The minimum absolute atomic E-state index is 0.0249. The molecule has 1 unspecified atom stereocenters. The van der Waals surface area contributed by atoms with Crippen LogP contribution in [0.1, 0.15) is 48.2 Å². The Morgan fingerprint density at radius 3 is 2.32 bits per heavy atom. The van der Waals surface area contributed by atoms with Crippen molar-refractivity contribution in [3.63, 3.8) is 0 Å². The molecule has 2 aromatic carbocycles. The molecule has 2 saturated heterocycles. The third kappa shape index (κ3) is 5.33. The molecule has 5 amide bonds. The van der Waals surface area contributed by atoms with Crippen molar-refractivity contribution in [2.24, 2.45) is 5.92 Å². The van der Waals surface area contributed by atoms with Gasteiger partial charge in [0.2, 0.25) is 5.91 Å². The largest absolute Gasteiger partial charge is 0.416 e. The Bertz CT molecular complexity index is 1440. The second-order valence-electron chi connectivity index (χ2n) is 10.4. The Hall–Kier alpha value is -4.47. The van der Waals surface area contributed by atoms with E-state index in [0.717, 1.165) is 4.90 Å². The fourth-order valence-corrected chi connectivity index (χ4v) is 5.24. The van der Waals surface area contributed by atoms with Crippen LogP contribution in [0.4, 0.5) is 28.0 Å². The van der Waals surface area contributed by atoms with Crippen LogP contribution in [-0.2, 0) is 15.8 Å². The summed E-state index contributed by atoms with van der Waals surface area (Å²) in [6.07, 6.45) is -4.67. The predicted octanol–water partition coefficient (Wildman–Crippen LogP) is 3.93. The Morgan fingerprint density at radius 2 is 1.73 bits per heavy atom. The Kier molecular flexibility index (Phi) is 7.80. The SMILES string of the molecule is CC(C)C(NC(=O)c1cc(C(F)(F)F)ccc1F)C(=O)N1CCC2(CC1)C(=O)N(C)C(=O)N2c1cccc(C#N)c1. The van der Waals surface area contributed by atoms with Crippen LogP contribution in [-0.4, -0.2) is 65.3 Å². The Labute approximate surface area is 233 Å². The lowest BCUT2D eigenvalue weighted by Gasteiger charge is -2.43. The van der Waals surface area contributed by atoms with E-state index in [0.29, 0.717) is 29.4 Å². The average molecular weight is 574 g/mol. The van der Waals surface area contributed by atoms with E-state index in [1.807, 2.05) is 6.07 Å². The van der Waals surface area contributed by atoms with Gasteiger partial charge in [0.1, 0.15) is 17.4 Å². The van der Waals surface area contributed by atoms with Gasteiger partial charge in [0.25, 0.3) is 11.8 Å². The van der Waals surface area contributed by atoms with E-state index in [9.17, 15) is 42.0 Å². The van der Waals surface area contributed by atoms with Crippen LogP contribution in [0.5, 0.6) is 0 Å². The number of hydrogen-bond donors (Lipinski definition) is 1. The Balaban J connectivity index is 1.54. The molecule has 13 heteroatoms. The highest BCUT2D eigenvalue weighted by atomic mass is 19.4. The molecule has 0 aliphatic carbocycles. The first-order valence-corrected chi connectivity index (χ1v) is 12.8. The van der Waals surface area contributed by atoms with E-state index in [2.05, 4.69) is 5.32 Å². The number of nitrogens with one attached hydrogen (secondary N) is 1. The Morgan fingerprint density at radius 1 is 1.07 bits per heavy atom. The molecular weight excluding hydrogens is 546 g/mol. The molecule has 9 nitrogen and oxygen atoms in total. The van der Waals surface area contributed by atoms with Gasteiger partial charge in [0.05, 0.1) is 22.8 Å². The first-order valence-electron chi connectivity index (χ1n) is 12.8. The number of carbonyl (C=O) groups excluding carboxylic acids is 4. The van der Waals surface area contributed by atoms with Gasteiger partial charge in [-0.25, -0.2) is 9.18 Å². The number of urea groups is 1. The second-order valence-corrected chi connectivity index (χ2v) is 10.4. The molecule has 1 N–H and O–H groups in total. The number of halogens is 4. The van der Waals surface area contributed by atoms with E-state index >= 15 is 0 Å². The lowest BCUT2D eigenvalue weighted by Crippen LogP contribution is -2.60. The minimum atomic E-state index is -4.79. The van der Waals surface area contributed by atoms with Crippen molar-refractivity contribution < 1.29 is 36.7 Å². The molecule has 2 aliphatic heterocycles. The van der Waals surface area contributed by atoms with Crippen molar-refractivity contribution in [3.05, 3.63) is 65.0 Å². The molecule has 2 aliphatic rings. The fourth-order valence-electron chi connectivity index (χ4n) is 5.24.